The molecule has 0 spiro atoms. The molecule has 1 saturated heterocycles. The Kier molecular flexibility index (Phi) is 6.81. The molecular weight excluding hydrogens is 447 g/mol. The normalized spacial score (nSPS) is 14.8. The smallest absolute Gasteiger partial charge is 0.416 e. The van der Waals surface area contributed by atoms with E-state index in [9.17, 15) is 18.0 Å². The molecule has 0 saturated carbocycles. The molecule has 1 aromatic heterocycles. The molecule has 180 valence electrons. The topological polar surface area (TPSA) is 56.6 Å². The van der Waals surface area contributed by atoms with Crippen molar-refractivity contribution < 1.29 is 27.4 Å². The van der Waals surface area contributed by atoms with E-state index in [-0.39, 0.29) is 23.0 Å². The van der Waals surface area contributed by atoms with E-state index in [4.69, 9.17) is 9.47 Å². The van der Waals surface area contributed by atoms with Gasteiger partial charge in [0.1, 0.15) is 5.75 Å². The summed E-state index contributed by atoms with van der Waals surface area (Å²) in [5.41, 5.74) is 0.734. The first-order valence-corrected chi connectivity index (χ1v) is 11.0. The van der Waals surface area contributed by atoms with Gasteiger partial charge in [-0.25, -0.2) is 4.68 Å². The number of nitrogens with zero attached hydrogens (tertiary/aromatic N) is 3. The lowest BCUT2D eigenvalue weighted by Gasteiger charge is -2.31. The van der Waals surface area contributed by atoms with Crippen LogP contribution in [0.3, 0.4) is 0 Å². The van der Waals surface area contributed by atoms with Gasteiger partial charge in [-0.05, 0) is 61.1 Å². The summed E-state index contributed by atoms with van der Waals surface area (Å²) in [7, 11) is 3.05. The van der Waals surface area contributed by atoms with Crippen LogP contribution in [-0.2, 0) is 12.6 Å². The number of ether oxygens (including phenoxy) is 2. The molecule has 9 heteroatoms. The Morgan fingerprint density at radius 2 is 1.76 bits per heavy atom. The first kappa shape index (κ1) is 23.7. The second-order valence-corrected chi connectivity index (χ2v) is 8.33. The average molecular weight is 473 g/mol. The molecule has 4 rings (SSSR count). The second kappa shape index (κ2) is 9.79. The van der Waals surface area contributed by atoms with Gasteiger partial charge in [-0.15, -0.1) is 0 Å². The van der Waals surface area contributed by atoms with Gasteiger partial charge < -0.3 is 14.4 Å². The zero-order valence-electron chi connectivity index (χ0n) is 19.0. The molecular formula is C25H26F3N3O3. The molecule has 0 unspecified atom stereocenters. The monoisotopic (exact) mass is 473 g/mol. The fourth-order valence-electron chi connectivity index (χ4n) is 4.20. The first-order valence-electron chi connectivity index (χ1n) is 11.0. The number of alkyl halides is 3. The van der Waals surface area contributed by atoms with E-state index in [1.165, 1.54) is 35.7 Å². The minimum atomic E-state index is -4.47. The molecule has 1 amide bonds. The van der Waals surface area contributed by atoms with Crippen LogP contribution in [0.5, 0.6) is 11.5 Å². The van der Waals surface area contributed by atoms with Gasteiger partial charge in [0.2, 0.25) is 0 Å². The Labute approximate surface area is 195 Å². The fourth-order valence-corrected chi connectivity index (χ4v) is 4.20. The molecule has 1 aliphatic heterocycles. The van der Waals surface area contributed by atoms with Crippen LogP contribution >= 0.6 is 0 Å². The fraction of sp³-hybridized carbons (Fsp3) is 0.360. The molecule has 0 bridgehead atoms. The lowest BCUT2D eigenvalue weighted by Crippen LogP contribution is -2.39. The molecule has 34 heavy (non-hydrogen) atoms. The summed E-state index contributed by atoms with van der Waals surface area (Å²) >= 11 is 0. The van der Waals surface area contributed by atoms with Gasteiger partial charge in [-0.3, -0.25) is 4.79 Å². The maximum absolute atomic E-state index is 13.2. The molecule has 0 aliphatic carbocycles. The van der Waals surface area contributed by atoms with Crippen LogP contribution in [0, 0.1) is 5.92 Å². The number of carbonyl (C=O) groups excluding carboxylic acids is 1. The minimum Gasteiger partial charge on any atom is -0.497 e. The van der Waals surface area contributed by atoms with Crippen LogP contribution in [0.15, 0.2) is 54.7 Å². The number of methoxy groups -OCH3 is 2. The molecule has 2 aromatic carbocycles. The van der Waals surface area contributed by atoms with Gasteiger partial charge in [0.05, 0.1) is 31.7 Å². The number of benzene rings is 2. The molecule has 0 atom stereocenters. The summed E-state index contributed by atoms with van der Waals surface area (Å²) in [6.07, 6.45) is -0.399. The molecule has 3 aromatic rings. The Morgan fingerprint density at radius 3 is 2.38 bits per heavy atom. The summed E-state index contributed by atoms with van der Waals surface area (Å²) in [6, 6.07) is 12.8. The molecule has 1 aliphatic rings. The van der Waals surface area contributed by atoms with Crippen molar-refractivity contribution >= 4 is 5.91 Å². The standard InChI is InChI=1S/C25H26F3N3O3/c1-33-21-8-6-17(7-9-21)14-18-10-12-30(13-11-18)24(32)23-22(34-2)16-31(29-23)20-5-3-4-19(15-20)25(26,27)28/h3-9,15-16,18H,10-14H2,1-2H3. The van der Waals surface area contributed by atoms with Crippen LogP contribution in [0.4, 0.5) is 13.2 Å². The maximum atomic E-state index is 13.2. The second-order valence-electron chi connectivity index (χ2n) is 8.33. The number of carbonyl (C=O) groups is 1. The zero-order chi connectivity index (χ0) is 24.3. The third-order valence-corrected chi connectivity index (χ3v) is 6.13. The van der Waals surface area contributed by atoms with Gasteiger partial charge in [-0.1, -0.05) is 18.2 Å². The predicted molar refractivity (Wildman–Crippen MR) is 120 cm³/mol. The van der Waals surface area contributed by atoms with Crippen molar-refractivity contribution in [2.45, 2.75) is 25.4 Å². The predicted octanol–water partition coefficient (Wildman–Crippen LogP) is 5.00. The molecule has 2 heterocycles. The van der Waals surface area contributed by atoms with Crippen molar-refractivity contribution in [2.75, 3.05) is 27.3 Å². The first-order chi connectivity index (χ1) is 16.3. The van der Waals surface area contributed by atoms with Gasteiger partial charge in [-0.2, -0.15) is 18.3 Å². The van der Waals surface area contributed by atoms with E-state index in [2.05, 4.69) is 17.2 Å². The molecule has 1 fully saturated rings. The van der Waals surface area contributed by atoms with Gasteiger partial charge in [0.15, 0.2) is 11.4 Å². The van der Waals surface area contributed by atoms with E-state index < -0.39 is 11.7 Å². The summed E-state index contributed by atoms with van der Waals surface area (Å²) in [6.45, 7) is 1.17. The van der Waals surface area contributed by atoms with Crippen molar-refractivity contribution in [2.24, 2.45) is 5.92 Å². The number of rotatable bonds is 6. The molecule has 0 radical (unpaired) electrons. The van der Waals surface area contributed by atoms with Crippen molar-refractivity contribution in [1.82, 2.24) is 14.7 Å². The summed E-state index contributed by atoms with van der Waals surface area (Å²) < 4.78 is 51.0. The number of halogens is 3. The van der Waals surface area contributed by atoms with Crippen LogP contribution in [-0.4, -0.2) is 47.9 Å². The Hall–Kier alpha value is -3.49. The minimum absolute atomic E-state index is 0.0912. The van der Waals surface area contributed by atoms with Gasteiger partial charge >= 0.3 is 6.18 Å². The van der Waals surface area contributed by atoms with Crippen LogP contribution in [0.25, 0.3) is 5.69 Å². The number of aromatic nitrogens is 2. The Bertz CT molecular complexity index is 1130. The largest absolute Gasteiger partial charge is 0.497 e. The quantitative estimate of drug-likeness (QED) is 0.506. The zero-order valence-corrected chi connectivity index (χ0v) is 19.0. The van der Waals surface area contributed by atoms with Gasteiger partial charge in [0.25, 0.3) is 5.91 Å². The van der Waals surface area contributed by atoms with Crippen molar-refractivity contribution in [3.63, 3.8) is 0 Å². The molecule has 6 nitrogen and oxygen atoms in total. The lowest BCUT2D eigenvalue weighted by atomic mass is 9.90. The number of amides is 1. The highest BCUT2D eigenvalue weighted by Crippen LogP contribution is 2.31. The van der Waals surface area contributed by atoms with Crippen LogP contribution in [0.1, 0.15) is 34.5 Å². The third kappa shape index (κ3) is 5.18. The SMILES string of the molecule is COc1ccc(CC2CCN(C(=O)c3nn(-c4cccc(C(F)(F)F)c4)cc3OC)CC2)cc1. The van der Waals surface area contributed by atoms with E-state index in [1.807, 2.05) is 12.1 Å². The lowest BCUT2D eigenvalue weighted by molar-refractivity contribution is -0.137. The van der Waals surface area contributed by atoms with Gasteiger partial charge in [0, 0.05) is 13.1 Å². The number of likely N-dealkylation sites (tertiary alicyclic amines) is 1. The number of hydrogen-bond acceptors (Lipinski definition) is 4. The van der Waals surface area contributed by atoms with Crippen molar-refractivity contribution in [3.05, 3.63) is 71.5 Å². The Balaban J connectivity index is 1.44. The highest BCUT2D eigenvalue weighted by Gasteiger charge is 2.31. The average Bonchev–Trinajstić information content (AvgIpc) is 3.29. The number of piperidine rings is 1. The van der Waals surface area contributed by atoms with E-state index >= 15 is 0 Å². The summed E-state index contributed by atoms with van der Waals surface area (Å²) in [5, 5.41) is 4.27. The summed E-state index contributed by atoms with van der Waals surface area (Å²) in [5.74, 6) is 1.22. The highest BCUT2D eigenvalue weighted by molar-refractivity contribution is 5.95. The van der Waals surface area contributed by atoms with E-state index in [0.717, 1.165) is 37.1 Å². The third-order valence-electron chi connectivity index (χ3n) is 6.13. The number of hydrogen-bond donors (Lipinski definition) is 0. The Morgan fingerprint density at radius 1 is 1.06 bits per heavy atom. The van der Waals surface area contributed by atoms with Crippen LogP contribution in [0.2, 0.25) is 0 Å². The molecule has 0 N–H and O–H groups in total. The van der Waals surface area contributed by atoms with Crippen molar-refractivity contribution in [3.8, 4) is 17.2 Å². The van der Waals surface area contributed by atoms with Crippen LogP contribution < -0.4 is 9.47 Å². The van der Waals surface area contributed by atoms with Crippen molar-refractivity contribution in [1.29, 1.82) is 0 Å². The van der Waals surface area contributed by atoms with E-state index in [1.54, 1.807) is 12.0 Å². The van der Waals surface area contributed by atoms with E-state index in [0.29, 0.717) is 19.0 Å². The summed E-state index contributed by atoms with van der Waals surface area (Å²) in [4.78, 5) is 14.9. The maximum Gasteiger partial charge on any atom is 0.416 e. The highest BCUT2D eigenvalue weighted by atomic mass is 19.4.